The topological polar surface area (TPSA) is 69.1 Å². The fourth-order valence-corrected chi connectivity index (χ4v) is 3.98. The van der Waals surface area contributed by atoms with Crippen molar-refractivity contribution >= 4 is 5.91 Å². The first-order valence-corrected chi connectivity index (χ1v) is 11.8. The van der Waals surface area contributed by atoms with Crippen LogP contribution >= 0.6 is 0 Å². The van der Waals surface area contributed by atoms with Gasteiger partial charge < -0.3 is 14.7 Å². The lowest BCUT2D eigenvalue weighted by Gasteiger charge is -2.37. The molecule has 0 unspecified atom stereocenters. The van der Waals surface area contributed by atoms with Crippen LogP contribution in [0.2, 0.25) is 0 Å². The first-order valence-electron chi connectivity index (χ1n) is 11.8. The molecule has 0 saturated heterocycles. The zero-order chi connectivity index (χ0) is 25.5. The number of likely N-dealkylation sites (N-methyl/N-ethyl adjacent to an activating group) is 1. The lowest BCUT2D eigenvalue weighted by molar-refractivity contribution is 0.0324. The molecule has 3 rings (SSSR count). The second kappa shape index (κ2) is 12.1. The Kier molecular flexibility index (Phi) is 9.21. The van der Waals surface area contributed by atoms with Gasteiger partial charge >= 0.3 is 0 Å². The zero-order valence-electron chi connectivity index (χ0n) is 21.2. The van der Waals surface area contributed by atoms with Gasteiger partial charge in [0.15, 0.2) is 0 Å². The molecule has 0 fully saturated rings. The molecule has 0 aliphatic carbocycles. The van der Waals surface area contributed by atoms with Gasteiger partial charge in [-0.05, 0) is 40.2 Å². The van der Waals surface area contributed by atoms with Crippen molar-refractivity contribution in [1.29, 1.82) is 0 Å². The van der Waals surface area contributed by atoms with Gasteiger partial charge in [-0.2, -0.15) is 0 Å². The third-order valence-electron chi connectivity index (χ3n) is 6.04. The monoisotopic (exact) mass is 482 g/mol. The average Bonchev–Trinajstić information content (AvgIpc) is 2.82. The van der Waals surface area contributed by atoms with E-state index >= 15 is 0 Å². The number of hydrogen-bond donors (Lipinski definition) is 1. The quantitative estimate of drug-likeness (QED) is 0.612. The maximum Gasteiger partial charge on any atom is 0.259 e. The number of pyridine rings is 1. The van der Waals surface area contributed by atoms with Crippen LogP contribution in [0.3, 0.4) is 0 Å². The number of carbonyl (C=O) groups is 1. The highest BCUT2D eigenvalue weighted by molar-refractivity contribution is 5.97. The summed E-state index contributed by atoms with van der Waals surface area (Å²) in [4.78, 5) is 23.5. The number of aliphatic hydroxyl groups excluding tert-OH is 1. The molecule has 0 radical (unpaired) electrons. The molecule has 3 atom stereocenters. The highest BCUT2D eigenvalue weighted by Gasteiger charge is 2.34. The molecule has 7 nitrogen and oxygen atoms in total. The summed E-state index contributed by atoms with van der Waals surface area (Å²) in [7, 11) is 5.78. The van der Waals surface area contributed by atoms with Crippen LogP contribution in [0.25, 0.3) is 0 Å². The first-order chi connectivity index (χ1) is 16.7. The molecule has 2 aromatic rings. The van der Waals surface area contributed by atoms with E-state index in [1.54, 1.807) is 29.3 Å². The van der Waals surface area contributed by atoms with Crippen molar-refractivity contribution in [2.75, 3.05) is 47.4 Å². The van der Waals surface area contributed by atoms with E-state index < -0.39 is 0 Å². The van der Waals surface area contributed by atoms with Gasteiger partial charge in [0.25, 0.3) is 5.91 Å². The lowest BCUT2D eigenvalue weighted by Crippen LogP contribution is -2.49. The van der Waals surface area contributed by atoms with E-state index in [1.165, 1.54) is 6.07 Å². The molecule has 1 N–H and O–H groups in total. The van der Waals surface area contributed by atoms with Crippen LogP contribution < -0.4 is 4.74 Å². The summed E-state index contributed by atoms with van der Waals surface area (Å²) in [5.74, 6) is 5.83. The molecule has 188 valence electrons. The van der Waals surface area contributed by atoms with E-state index in [-0.39, 0.29) is 42.3 Å². The predicted molar refractivity (Wildman–Crippen MR) is 134 cm³/mol. The van der Waals surface area contributed by atoms with Crippen molar-refractivity contribution in [3.8, 4) is 17.7 Å². The number of halogens is 1. The molecule has 1 aliphatic rings. The third-order valence-corrected chi connectivity index (χ3v) is 6.04. The number of nitrogens with zero attached hydrogens (tertiary/aromatic N) is 4. The number of aliphatic hydroxyl groups is 1. The van der Waals surface area contributed by atoms with Crippen LogP contribution in [-0.4, -0.2) is 90.2 Å². The molecule has 1 aromatic carbocycles. The SMILES string of the molecule is C[C@H](CO)N1C[C@H](C)[C@@H](CN(C)Cc2ccccc2F)Oc2ncc(C#CCN(C)C)cc2C1=O. The number of hydrogen-bond acceptors (Lipinski definition) is 6. The first kappa shape index (κ1) is 26.6. The van der Waals surface area contributed by atoms with Crippen molar-refractivity contribution in [2.24, 2.45) is 5.92 Å². The van der Waals surface area contributed by atoms with Crippen LogP contribution in [-0.2, 0) is 6.54 Å². The second-order valence-corrected chi connectivity index (χ2v) is 9.53. The normalized spacial score (nSPS) is 18.9. The zero-order valence-corrected chi connectivity index (χ0v) is 21.2. The molecule has 35 heavy (non-hydrogen) atoms. The summed E-state index contributed by atoms with van der Waals surface area (Å²) in [5.41, 5.74) is 1.57. The van der Waals surface area contributed by atoms with Crippen molar-refractivity contribution in [1.82, 2.24) is 19.7 Å². The summed E-state index contributed by atoms with van der Waals surface area (Å²) >= 11 is 0. The fraction of sp³-hybridized carbons (Fsp3) is 0.481. The van der Waals surface area contributed by atoms with Crippen LogP contribution in [0.15, 0.2) is 36.5 Å². The Morgan fingerprint density at radius 1 is 1.31 bits per heavy atom. The van der Waals surface area contributed by atoms with Crippen LogP contribution in [0.5, 0.6) is 5.88 Å². The van der Waals surface area contributed by atoms with Gasteiger partial charge in [-0.1, -0.05) is 37.0 Å². The average molecular weight is 483 g/mol. The summed E-state index contributed by atoms with van der Waals surface area (Å²) in [6.07, 6.45) is 1.31. The minimum absolute atomic E-state index is 0.0504. The van der Waals surface area contributed by atoms with Crippen molar-refractivity contribution in [2.45, 2.75) is 32.5 Å². The smallest absolute Gasteiger partial charge is 0.259 e. The predicted octanol–water partition coefficient (Wildman–Crippen LogP) is 2.49. The molecule has 0 bridgehead atoms. The number of benzene rings is 1. The lowest BCUT2D eigenvalue weighted by atomic mass is 9.99. The minimum Gasteiger partial charge on any atom is -0.472 e. The Morgan fingerprint density at radius 3 is 2.74 bits per heavy atom. The van der Waals surface area contributed by atoms with Gasteiger partial charge in [-0.25, -0.2) is 9.37 Å². The Bertz CT molecular complexity index is 1080. The van der Waals surface area contributed by atoms with E-state index in [9.17, 15) is 14.3 Å². The van der Waals surface area contributed by atoms with E-state index in [4.69, 9.17) is 4.74 Å². The van der Waals surface area contributed by atoms with Crippen LogP contribution in [0.1, 0.15) is 35.3 Å². The highest BCUT2D eigenvalue weighted by atomic mass is 19.1. The maximum absolute atomic E-state index is 14.2. The number of aromatic nitrogens is 1. The van der Waals surface area contributed by atoms with Gasteiger partial charge in [0.1, 0.15) is 17.5 Å². The fourth-order valence-electron chi connectivity index (χ4n) is 3.98. The van der Waals surface area contributed by atoms with Gasteiger partial charge in [0, 0.05) is 42.9 Å². The summed E-state index contributed by atoms with van der Waals surface area (Å²) < 4.78 is 20.5. The summed E-state index contributed by atoms with van der Waals surface area (Å²) in [5, 5.41) is 9.81. The van der Waals surface area contributed by atoms with Gasteiger partial charge in [0.2, 0.25) is 5.88 Å². The van der Waals surface area contributed by atoms with E-state index in [0.29, 0.717) is 42.9 Å². The highest BCUT2D eigenvalue weighted by Crippen LogP contribution is 2.27. The van der Waals surface area contributed by atoms with Gasteiger partial charge in [-0.15, -0.1) is 0 Å². The van der Waals surface area contributed by atoms with Crippen molar-refractivity contribution < 1.29 is 19.0 Å². The Morgan fingerprint density at radius 2 is 2.06 bits per heavy atom. The molecule has 1 amide bonds. The molecule has 1 aromatic heterocycles. The standard InChI is InChI=1S/C27H35FN4O3/c1-19-15-32(20(2)18-33)27(34)23-13-21(9-8-12-30(3)4)14-29-26(23)35-25(19)17-31(5)16-22-10-6-7-11-24(22)28/h6-7,10-11,13-14,19-20,25,33H,12,15-18H2,1-5H3/t19-,20+,25+/m0/s1. The second-order valence-electron chi connectivity index (χ2n) is 9.53. The molecule has 2 heterocycles. The van der Waals surface area contributed by atoms with Gasteiger partial charge in [-0.3, -0.25) is 14.6 Å². The van der Waals surface area contributed by atoms with Crippen molar-refractivity contribution in [3.63, 3.8) is 0 Å². The van der Waals surface area contributed by atoms with E-state index in [0.717, 1.165) is 0 Å². The Labute approximate surface area is 207 Å². The Hall–Kier alpha value is -2.99. The number of rotatable bonds is 7. The minimum atomic E-state index is -0.365. The van der Waals surface area contributed by atoms with Crippen LogP contribution in [0, 0.1) is 23.6 Å². The number of carbonyl (C=O) groups excluding carboxylic acids is 1. The molecular formula is C27H35FN4O3. The number of amides is 1. The molecular weight excluding hydrogens is 447 g/mol. The maximum atomic E-state index is 14.2. The Balaban J connectivity index is 1.90. The summed E-state index contributed by atoms with van der Waals surface area (Å²) in [6.45, 7) is 5.62. The van der Waals surface area contributed by atoms with Gasteiger partial charge in [0.05, 0.1) is 19.2 Å². The van der Waals surface area contributed by atoms with E-state index in [2.05, 4.69) is 16.8 Å². The summed E-state index contributed by atoms with van der Waals surface area (Å²) in [6, 6.07) is 8.07. The third kappa shape index (κ3) is 7.01. The molecule has 1 aliphatic heterocycles. The molecule has 0 saturated carbocycles. The van der Waals surface area contributed by atoms with Crippen LogP contribution in [0.4, 0.5) is 4.39 Å². The largest absolute Gasteiger partial charge is 0.472 e. The molecule has 0 spiro atoms. The molecule has 8 heteroatoms. The van der Waals surface area contributed by atoms with Crippen molar-refractivity contribution in [3.05, 3.63) is 59.0 Å². The van der Waals surface area contributed by atoms with E-state index in [1.807, 2.05) is 50.9 Å². The number of ether oxygens (including phenoxy) is 1. The number of fused-ring (bicyclic) bond motifs is 1.